The van der Waals surface area contributed by atoms with E-state index in [-0.39, 0.29) is 0 Å². The fraction of sp³-hybridized carbons (Fsp3) is 0.222. The third-order valence-corrected chi connectivity index (χ3v) is 6.11. The molecule has 2 aromatic heterocycles. The number of halogens is 1. The monoisotopic (exact) mass is 420 g/mol. The quantitative estimate of drug-likeness (QED) is 0.608. The van der Waals surface area contributed by atoms with Crippen LogP contribution in [0.4, 0.5) is 0 Å². The summed E-state index contributed by atoms with van der Waals surface area (Å²) < 4.78 is 29.5. The van der Waals surface area contributed by atoms with Crippen molar-refractivity contribution < 1.29 is 12.2 Å². The lowest BCUT2D eigenvalue weighted by Gasteiger charge is -2.16. The van der Waals surface area contributed by atoms with Gasteiger partial charge in [0.25, 0.3) is 0 Å². The molecule has 1 unspecified atom stereocenters. The summed E-state index contributed by atoms with van der Waals surface area (Å²) in [6.45, 7) is 1.87. The Balaban J connectivity index is 2.29. The Hall–Kier alpha value is -1.99. The van der Waals surface area contributed by atoms with Gasteiger partial charge in [0, 0.05) is 35.2 Å². The molecule has 0 aliphatic heterocycles. The van der Waals surface area contributed by atoms with Crippen LogP contribution in [0.3, 0.4) is 0 Å². The maximum Gasteiger partial charge on any atom is 0.179 e. The first-order chi connectivity index (χ1) is 11.9. The maximum atomic E-state index is 12.2. The van der Waals surface area contributed by atoms with E-state index in [0.717, 1.165) is 27.6 Å². The number of hydrogen-bond acceptors (Lipinski definition) is 5. The minimum absolute atomic E-state index is 0.507. The molecule has 0 N–H and O–H groups in total. The minimum Gasteiger partial charge on any atom is -0.416 e. The van der Waals surface area contributed by atoms with Gasteiger partial charge in [0.1, 0.15) is 0 Å². The van der Waals surface area contributed by atoms with Crippen molar-refractivity contribution in [2.45, 2.75) is 18.6 Å². The highest BCUT2D eigenvalue weighted by Gasteiger charge is 2.22. The zero-order valence-electron chi connectivity index (χ0n) is 13.8. The highest BCUT2D eigenvalue weighted by atomic mass is 79.9. The molecule has 0 saturated heterocycles. The van der Waals surface area contributed by atoms with Crippen LogP contribution in [-0.2, 0) is 9.84 Å². The molecule has 5 nitrogen and oxygen atoms in total. The van der Waals surface area contributed by atoms with Crippen LogP contribution < -0.4 is 3.83 Å². The van der Waals surface area contributed by atoms with Crippen molar-refractivity contribution in [3.05, 3.63) is 54.5 Å². The Morgan fingerprint density at radius 3 is 2.72 bits per heavy atom. The SMILES string of the molecule is CCC(c1cc(-c2cncc(OBr)c2)c2ncccc2c1)S(C)(=O)=O. The minimum atomic E-state index is -3.22. The summed E-state index contributed by atoms with van der Waals surface area (Å²) in [4.78, 5) is 8.65. The summed E-state index contributed by atoms with van der Waals surface area (Å²) in [6.07, 6.45) is 6.80. The van der Waals surface area contributed by atoms with E-state index in [1.807, 2.05) is 37.3 Å². The van der Waals surface area contributed by atoms with Crippen LogP contribution in [0.25, 0.3) is 22.0 Å². The van der Waals surface area contributed by atoms with Gasteiger partial charge in [0.15, 0.2) is 31.8 Å². The summed E-state index contributed by atoms with van der Waals surface area (Å²) in [5.41, 5.74) is 3.19. The van der Waals surface area contributed by atoms with Crippen molar-refractivity contribution >= 4 is 37.0 Å². The first-order valence-corrected chi connectivity index (χ1v) is 10.4. The van der Waals surface area contributed by atoms with E-state index in [1.165, 1.54) is 6.26 Å². The zero-order chi connectivity index (χ0) is 18.0. The van der Waals surface area contributed by atoms with Crippen molar-refractivity contribution in [2.75, 3.05) is 6.26 Å². The van der Waals surface area contributed by atoms with Crippen molar-refractivity contribution in [2.24, 2.45) is 0 Å². The zero-order valence-corrected chi connectivity index (χ0v) is 16.2. The Morgan fingerprint density at radius 2 is 2.04 bits per heavy atom. The van der Waals surface area contributed by atoms with Crippen molar-refractivity contribution in [3.63, 3.8) is 0 Å². The van der Waals surface area contributed by atoms with Crippen molar-refractivity contribution in [1.29, 1.82) is 0 Å². The molecule has 25 heavy (non-hydrogen) atoms. The van der Waals surface area contributed by atoms with Gasteiger partial charge in [-0.05, 0) is 36.2 Å². The lowest BCUT2D eigenvalue weighted by atomic mass is 9.98. The second kappa shape index (κ2) is 7.09. The first kappa shape index (κ1) is 17.8. The van der Waals surface area contributed by atoms with Gasteiger partial charge in [0.05, 0.1) is 17.0 Å². The molecule has 1 aromatic carbocycles. The Labute approximate surface area is 155 Å². The van der Waals surface area contributed by atoms with Crippen LogP contribution in [0.1, 0.15) is 24.2 Å². The smallest absolute Gasteiger partial charge is 0.179 e. The van der Waals surface area contributed by atoms with Gasteiger partial charge in [-0.2, -0.15) is 0 Å². The summed E-state index contributed by atoms with van der Waals surface area (Å²) in [6, 6.07) is 9.39. The Morgan fingerprint density at radius 1 is 1.24 bits per heavy atom. The lowest BCUT2D eigenvalue weighted by Crippen LogP contribution is -2.10. The Bertz CT molecular complexity index is 1020. The normalized spacial score (nSPS) is 12.9. The van der Waals surface area contributed by atoms with E-state index in [0.29, 0.717) is 12.2 Å². The topological polar surface area (TPSA) is 69.2 Å². The molecule has 0 bridgehead atoms. The van der Waals surface area contributed by atoms with Gasteiger partial charge in [-0.15, -0.1) is 0 Å². The highest BCUT2D eigenvalue weighted by Crippen LogP contribution is 2.35. The standard InChI is InChI=1S/C18H17BrN2O3S/c1-3-17(25(2,22)23)13-7-12-5-4-6-21-18(12)16(9-13)14-8-15(24-19)11-20-10-14/h4-11,17H,3H2,1-2H3. The van der Waals surface area contributed by atoms with Gasteiger partial charge in [-0.1, -0.05) is 13.0 Å². The number of hydrogen-bond donors (Lipinski definition) is 0. The molecule has 130 valence electrons. The van der Waals surface area contributed by atoms with Gasteiger partial charge in [-0.25, -0.2) is 8.42 Å². The molecule has 0 radical (unpaired) electrons. The van der Waals surface area contributed by atoms with Crippen LogP contribution in [-0.4, -0.2) is 24.6 Å². The molecule has 0 amide bonds. The van der Waals surface area contributed by atoms with Crippen molar-refractivity contribution in [1.82, 2.24) is 9.97 Å². The molecule has 2 heterocycles. The molecule has 1 atom stereocenters. The number of pyridine rings is 2. The second-order valence-corrected chi connectivity index (χ2v) is 8.41. The lowest BCUT2D eigenvalue weighted by molar-refractivity contribution is 0.585. The van der Waals surface area contributed by atoms with E-state index in [1.54, 1.807) is 18.6 Å². The summed E-state index contributed by atoms with van der Waals surface area (Å²) >= 11 is 2.95. The largest absolute Gasteiger partial charge is 0.416 e. The van der Waals surface area contributed by atoms with Crippen LogP contribution in [0.2, 0.25) is 0 Å². The molecule has 0 saturated carbocycles. The van der Waals surface area contributed by atoms with E-state index in [9.17, 15) is 8.42 Å². The van der Waals surface area contributed by atoms with Gasteiger partial charge in [-0.3, -0.25) is 9.97 Å². The predicted molar refractivity (Wildman–Crippen MR) is 102 cm³/mol. The third kappa shape index (κ3) is 3.67. The fourth-order valence-electron chi connectivity index (χ4n) is 3.02. The number of nitrogens with zero attached hydrogens (tertiary/aromatic N) is 2. The van der Waals surface area contributed by atoms with E-state index in [4.69, 9.17) is 3.83 Å². The molecule has 3 aromatic rings. The van der Waals surface area contributed by atoms with Gasteiger partial charge in [0.2, 0.25) is 0 Å². The average Bonchev–Trinajstić information content (AvgIpc) is 2.60. The van der Waals surface area contributed by atoms with Crippen LogP contribution in [0.15, 0.2) is 48.9 Å². The van der Waals surface area contributed by atoms with E-state index < -0.39 is 15.1 Å². The molecule has 0 fully saturated rings. The molecule has 0 aliphatic carbocycles. The van der Waals surface area contributed by atoms with Crippen LogP contribution in [0, 0.1) is 0 Å². The number of sulfone groups is 1. The molecule has 7 heteroatoms. The number of fused-ring (bicyclic) bond motifs is 1. The van der Waals surface area contributed by atoms with Gasteiger partial charge < -0.3 is 3.83 Å². The number of rotatable bonds is 5. The summed E-state index contributed by atoms with van der Waals surface area (Å²) in [7, 11) is -3.22. The molecular weight excluding hydrogens is 404 g/mol. The van der Waals surface area contributed by atoms with Crippen LogP contribution in [0.5, 0.6) is 5.75 Å². The highest BCUT2D eigenvalue weighted by molar-refractivity contribution is 9.06. The fourth-order valence-corrected chi connectivity index (χ4v) is 4.43. The summed E-state index contributed by atoms with van der Waals surface area (Å²) in [5, 5.41) is 0.335. The first-order valence-electron chi connectivity index (χ1n) is 7.75. The van der Waals surface area contributed by atoms with Crippen molar-refractivity contribution in [3.8, 4) is 16.9 Å². The molecule has 0 spiro atoms. The molecule has 0 aliphatic rings. The maximum absolute atomic E-state index is 12.2. The number of aromatic nitrogens is 2. The van der Waals surface area contributed by atoms with Crippen LogP contribution >= 0.6 is 16.3 Å². The third-order valence-electron chi connectivity index (χ3n) is 4.10. The van der Waals surface area contributed by atoms with E-state index >= 15 is 0 Å². The predicted octanol–water partition coefficient (Wildman–Crippen LogP) is 4.48. The molecule has 3 rings (SSSR count). The average molecular weight is 421 g/mol. The Kier molecular flexibility index (Phi) is 5.06. The molecular formula is C18H17BrN2O3S. The van der Waals surface area contributed by atoms with E-state index in [2.05, 4.69) is 26.2 Å². The van der Waals surface area contributed by atoms with Gasteiger partial charge >= 0.3 is 0 Å². The summed E-state index contributed by atoms with van der Waals surface area (Å²) in [5.74, 6) is 0.558. The second-order valence-electron chi connectivity index (χ2n) is 5.86. The number of benzene rings is 1.